The molecule has 4 rings (SSSR count). The first kappa shape index (κ1) is 25.2. The predicted molar refractivity (Wildman–Crippen MR) is 136 cm³/mol. The number of amides is 2. The standard InChI is InChI=1S/C27H24ClF2N3O3/c1-3-32(4-2)27(35)36-24-10-9-23-22(11-12-33(23)16-17-5-7-19(28)8-6-17)25(24)31-26(34)18-13-20(29)15-21(30)14-18/h5-15H,3-4,16H2,1-2H3,(H,31,34). The van der Waals surface area contributed by atoms with E-state index in [9.17, 15) is 18.4 Å². The fourth-order valence-electron chi connectivity index (χ4n) is 3.90. The van der Waals surface area contributed by atoms with Gasteiger partial charge in [-0.25, -0.2) is 13.6 Å². The van der Waals surface area contributed by atoms with Crippen LogP contribution in [0.4, 0.5) is 19.3 Å². The van der Waals surface area contributed by atoms with Gasteiger partial charge in [0.05, 0.1) is 11.2 Å². The van der Waals surface area contributed by atoms with Crippen LogP contribution in [0, 0.1) is 11.6 Å². The van der Waals surface area contributed by atoms with Gasteiger partial charge in [-0.05, 0) is 61.9 Å². The van der Waals surface area contributed by atoms with Gasteiger partial charge in [0, 0.05) is 47.9 Å². The molecule has 1 N–H and O–H groups in total. The lowest BCUT2D eigenvalue weighted by molar-refractivity contribution is 0.102. The summed E-state index contributed by atoms with van der Waals surface area (Å²) >= 11 is 5.99. The van der Waals surface area contributed by atoms with Crippen LogP contribution in [0.25, 0.3) is 10.9 Å². The van der Waals surface area contributed by atoms with Crippen molar-refractivity contribution in [2.75, 3.05) is 18.4 Å². The van der Waals surface area contributed by atoms with Crippen LogP contribution < -0.4 is 10.1 Å². The van der Waals surface area contributed by atoms with E-state index < -0.39 is 23.6 Å². The lowest BCUT2D eigenvalue weighted by Crippen LogP contribution is -2.33. The number of fused-ring (bicyclic) bond motifs is 1. The van der Waals surface area contributed by atoms with Gasteiger partial charge in [-0.15, -0.1) is 0 Å². The van der Waals surface area contributed by atoms with E-state index in [1.807, 2.05) is 36.7 Å². The first-order valence-electron chi connectivity index (χ1n) is 11.4. The maximum Gasteiger partial charge on any atom is 0.415 e. The molecule has 0 atom stereocenters. The van der Waals surface area contributed by atoms with Crippen molar-refractivity contribution in [3.63, 3.8) is 0 Å². The van der Waals surface area contributed by atoms with Crippen molar-refractivity contribution in [3.05, 3.63) is 94.6 Å². The van der Waals surface area contributed by atoms with Crippen molar-refractivity contribution in [2.24, 2.45) is 0 Å². The summed E-state index contributed by atoms with van der Waals surface area (Å²) < 4.78 is 35.0. The van der Waals surface area contributed by atoms with Gasteiger partial charge in [0.2, 0.25) is 0 Å². The minimum absolute atomic E-state index is 0.119. The Bertz CT molecular complexity index is 1400. The zero-order valence-electron chi connectivity index (χ0n) is 19.7. The molecule has 0 bridgehead atoms. The number of benzene rings is 3. The Morgan fingerprint density at radius 2 is 1.64 bits per heavy atom. The van der Waals surface area contributed by atoms with Crippen LogP contribution in [0.5, 0.6) is 5.75 Å². The summed E-state index contributed by atoms with van der Waals surface area (Å²) in [5.41, 5.74) is 1.78. The molecule has 0 aliphatic heterocycles. The number of carbonyl (C=O) groups is 2. The highest BCUT2D eigenvalue weighted by atomic mass is 35.5. The quantitative estimate of drug-likeness (QED) is 0.300. The SMILES string of the molecule is CCN(CC)C(=O)Oc1ccc2c(ccn2Cc2ccc(Cl)cc2)c1NC(=O)c1cc(F)cc(F)c1. The number of hydrogen-bond acceptors (Lipinski definition) is 3. The van der Waals surface area contributed by atoms with Crippen LogP contribution in [0.2, 0.25) is 5.02 Å². The Kier molecular flexibility index (Phi) is 7.55. The molecule has 4 aromatic rings. The molecule has 0 radical (unpaired) electrons. The summed E-state index contributed by atoms with van der Waals surface area (Å²) in [7, 11) is 0. The molecule has 6 nitrogen and oxygen atoms in total. The number of aromatic nitrogens is 1. The Labute approximate surface area is 212 Å². The van der Waals surface area contributed by atoms with E-state index >= 15 is 0 Å². The smallest absolute Gasteiger partial charge is 0.408 e. The number of anilines is 1. The van der Waals surface area contributed by atoms with Gasteiger partial charge >= 0.3 is 6.09 Å². The van der Waals surface area contributed by atoms with Gasteiger partial charge in [-0.1, -0.05) is 23.7 Å². The molecule has 0 spiro atoms. The first-order valence-corrected chi connectivity index (χ1v) is 11.8. The van der Waals surface area contributed by atoms with Crippen molar-refractivity contribution in [2.45, 2.75) is 20.4 Å². The predicted octanol–water partition coefficient (Wildman–Crippen LogP) is 6.71. The summed E-state index contributed by atoms with van der Waals surface area (Å²) in [6.45, 7) is 5.07. The van der Waals surface area contributed by atoms with Gasteiger partial charge in [0.15, 0.2) is 5.75 Å². The molecular weight excluding hydrogens is 488 g/mol. The third kappa shape index (κ3) is 5.49. The maximum atomic E-state index is 13.7. The lowest BCUT2D eigenvalue weighted by Gasteiger charge is -2.20. The molecule has 0 aliphatic rings. The van der Waals surface area contributed by atoms with Gasteiger partial charge < -0.3 is 19.5 Å². The number of nitrogens with zero attached hydrogens (tertiary/aromatic N) is 2. The minimum atomic E-state index is -0.874. The zero-order chi connectivity index (χ0) is 25.8. The maximum absolute atomic E-state index is 13.7. The number of rotatable bonds is 7. The van der Waals surface area contributed by atoms with Crippen LogP contribution >= 0.6 is 11.6 Å². The number of hydrogen-bond donors (Lipinski definition) is 1. The molecule has 0 saturated heterocycles. The number of nitrogens with one attached hydrogen (secondary N) is 1. The average Bonchev–Trinajstić information content (AvgIpc) is 3.25. The van der Waals surface area contributed by atoms with Crippen molar-refractivity contribution in [1.82, 2.24) is 9.47 Å². The zero-order valence-corrected chi connectivity index (χ0v) is 20.5. The van der Waals surface area contributed by atoms with Crippen molar-refractivity contribution in [3.8, 4) is 5.75 Å². The average molecular weight is 512 g/mol. The summed E-state index contributed by atoms with van der Waals surface area (Å²) in [5.74, 6) is -2.37. The number of halogens is 3. The molecule has 36 heavy (non-hydrogen) atoms. The van der Waals surface area contributed by atoms with Crippen LogP contribution in [0.3, 0.4) is 0 Å². The van der Waals surface area contributed by atoms with E-state index in [0.717, 1.165) is 23.2 Å². The molecule has 1 aromatic heterocycles. The topological polar surface area (TPSA) is 63.6 Å². The molecule has 9 heteroatoms. The van der Waals surface area contributed by atoms with E-state index in [1.54, 1.807) is 30.3 Å². The van der Waals surface area contributed by atoms with Crippen LogP contribution in [0.15, 0.2) is 66.9 Å². The summed E-state index contributed by atoms with van der Waals surface area (Å²) in [6.07, 6.45) is 1.26. The van der Waals surface area contributed by atoms with Crippen molar-refractivity contribution < 1.29 is 23.1 Å². The summed E-state index contributed by atoms with van der Waals surface area (Å²) in [4.78, 5) is 27.1. The molecular formula is C27H24ClF2N3O3. The molecule has 2 amide bonds. The van der Waals surface area contributed by atoms with Crippen LogP contribution in [-0.2, 0) is 6.54 Å². The van der Waals surface area contributed by atoms with E-state index in [4.69, 9.17) is 16.3 Å². The largest absolute Gasteiger partial charge is 0.415 e. The molecule has 186 valence electrons. The number of ether oxygens (including phenoxy) is 1. The second-order valence-corrected chi connectivity index (χ2v) is 8.53. The fourth-order valence-corrected chi connectivity index (χ4v) is 4.03. The molecule has 0 saturated carbocycles. The fraction of sp³-hybridized carbons (Fsp3) is 0.185. The molecule has 0 fully saturated rings. The molecule has 1 heterocycles. The second kappa shape index (κ2) is 10.8. The Morgan fingerprint density at radius 1 is 0.972 bits per heavy atom. The first-order chi connectivity index (χ1) is 17.3. The minimum Gasteiger partial charge on any atom is -0.408 e. The highest BCUT2D eigenvalue weighted by Crippen LogP contribution is 2.35. The monoisotopic (exact) mass is 511 g/mol. The van der Waals surface area contributed by atoms with Gasteiger partial charge in [0.1, 0.15) is 11.6 Å². The third-order valence-corrected chi connectivity index (χ3v) is 6.02. The molecule has 0 unspecified atom stereocenters. The third-order valence-electron chi connectivity index (χ3n) is 5.76. The van der Waals surface area contributed by atoms with E-state index in [-0.39, 0.29) is 17.0 Å². The summed E-state index contributed by atoms with van der Waals surface area (Å²) in [6, 6.07) is 15.1. The van der Waals surface area contributed by atoms with Crippen LogP contribution in [0.1, 0.15) is 29.8 Å². The Hall–Kier alpha value is -3.91. The lowest BCUT2D eigenvalue weighted by atomic mass is 10.1. The van der Waals surface area contributed by atoms with Crippen LogP contribution in [-0.4, -0.2) is 34.6 Å². The highest BCUT2D eigenvalue weighted by molar-refractivity contribution is 6.30. The van der Waals surface area contributed by atoms with E-state index in [0.29, 0.717) is 36.1 Å². The highest BCUT2D eigenvalue weighted by Gasteiger charge is 2.20. The van der Waals surface area contributed by atoms with E-state index in [2.05, 4.69) is 5.32 Å². The molecule has 0 aliphatic carbocycles. The van der Waals surface area contributed by atoms with Gasteiger partial charge in [0.25, 0.3) is 5.91 Å². The Morgan fingerprint density at radius 3 is 2.28 bits per heavy atom. The normalized spacial score (nSPS) is 10.9. The van der Waals surface area contributed by atoms with Crippen molar-refractivity contribution in [1.29, 1.82) is 0 Å². The van der Waals surface area contributed by atoms with Crippen molar-refractivity contribution >= 4 is 40.2 Å². The summed E-state index contributed by atoms with van der Waals surface area (Å²) in [5, 5.41) is 3.92. The van der Waals surface area contributed by atoms with Gasteiger partial charge in [-0.2, -0.15) is 0 Å². The Balaban J connectivity index is 1.74. The van der Waals surface area contributed by atoms with Gasteiger partial charge in [-0.3, -0.25) is 4.79 Å². The number of carbonyl (C=O) groups excluding carboxylic acids is 2. The molecule has 3 aromatic carbocycles. The second-order valence-electron chi connectivity index (χ2n) is 8.09. The van der Waals surface area contributed by atoms with E-state index in [1.165, 1.54) is 4.90 Å².